The Morgan fingerprint density at radius 1 is 1.07 bits per heavy atom. The van der Waals surface area contributed by atoms with Crippen molar-refractivity contribution in [1.82, 2.24) is 16.2 Å². The first-order valence-corrected chi connectivity index (χ1v) is 12.7. The number of benzene rings is 2. The van der Waals surface area contributed by atoms with Crippen LogP contribution in [-0.4, -0.2) is 49.8 Å². The van der Waals surface area contributed by atoms with Crippen LogP contribution in [-0.2, 0) is 16.1 Å². The third-order valence-electron chi connectivity index (χ3n) is 6.13. The Kier molecular flexibility index (Phi) is 10.5. The van der Waals surface area contributed by atoms with Crippen molar-refractivity contribution in [2.75, 3.05) is 18.5 Å². The number of nitrogens with one attached hydrogen (secondary N) is 4. The molecule has 2 aromatic rings. The van der Waals surface area contributed by atoms with E-state index in [-0.39, 0.29) is 34.1 Å². The topological polar surface area (TPSA) is 118 Å². The molecule has 9 nitrogen and oxygen atoms in total. The summed E-state index contributed by atoms with van der Waals surface area (Å²) in [5, 5.41) is 4.73. The molecule has 0 spiro atoms. The third-order valence-corrected chi connectivity index (χ3v) is 6.46. The van der Waals surface area contributed by atoms with Crippen LogP contribution in [0.4, 0.5) is 27.6 Å². The minimum Gasteiger partial charge on any atom is -0.487 e. The van der Waals surface area contributed by atoms with Crippen LogP contribution in [0.5, 0.6) is 5.75 Å². The Bertz CT molecular complexity index is 1270. The van der Waals surface area contributed by atoms with Crippen molar-refractivity contribution in [3.8, 4) is 5.75 Å². The first-order valence-electron chi connectivity index (χ1n) is 12.4. The van der Waals surface area contributed by atoms with Gasteiger partial charge in [0, 0.05) is 18.8 Å². The fourth-order valence-corrected chi connectivity index (χ4v) is 3.76. The second-order valence-electron chi connectivity index (χ2n) is 9.59. The molecule has 4 N–H and O–H groups in total. The van der Waals surface area contributed by atoms with Crippen LogP contribution in [0.1, 0.15) is 53.0 Å². The summed E-state index contributed by atoms with van der Waals surface area (Å²) >= 11 is 6.16. The second-order valence-corrected chi connectivity index (χ2v) is 9.99. The number of hydrogen-bond acceptors (Lipinski definition) is 6. The quantitative estimate of drug-likeness (QED) is 0.215. The van der Waals surface area contributed by atoms with E-state index in [2.05, 4.69) is 21.5 Å². The van der Waals surface area contributed by atoms with Gasteiger partial charge < -0.3 is 20.1 Å². The summed E-state index contributed by atoms with van der Waals surface area (Å²) in [6, 6.07) is 7.82. The molecular weight excluding hydrogens is 579 g/mol. The Morgan fingerprint density at radius 2 is 1.80 bits per heavy atom. The number of hydrogen-bond donors (Lipinski definition) is 4. The number of rotatable bonds is 11. The van der Waals surface area contributed by atoms with Gasteiger partial charge in [-0.15, -0.1) is 0 Å². The van der Waals surface area contributed by atoms with Crippen molar-refractivity contribution in [3.63, 3.8) is 0 Å². The molecule has 2 aromatic carbocycles. The SMILES string of the molecule is CC(C)(C(=O)NCc1ccc(Cl)c(C(=O)Nc2ccc(OCC(F)F)c(C(=O)NNC3CCCO3)c2)c1)C(F)(F)F. The number of hydrazine groups is 1. The molecule has 1 heterocycles. The Labute approximate surface area is 237 Å². The summed E-state index contributed by atoms with van der Waals surface area (Å²) in [6.07, 6.45) is -6.55. The Morgan fingerprint density at radius 3 is 2.44 bits per heavy atom. The van der Waals surface area contributed by atoms with Crippen molar-refractivity contribution in [2.24, 2.45) is 5.41 Å². The number of carbonyl (C=O) groups excluding carboxylic acids is 3. The average molecular weight is 607 g/mol. The normalized spacial score (nSPS) is 15.5. The molecule has 1 saturated heterocycles. The smallest absolute Gasteiger partial charge is 0.402 e. The maximum absolute atomic E-state index is 13.1. The van der Waals surface area contributed by atoms with E-state index in [1.54, 1.807) is 0 Å². The van der Waals surface area contributed by atoms with Gasteiger partial charge >= 0.3 is 6.18 Å². The molecule has 1 atom stereocenters. The van der Waals surface area contributed by atoms with Crippen molar-refractivity contribution in [1.29, 1.82) is 0 Å². The molecule has 15 heteroatoms. The monoisotopic (exact) mass is 606 g/mol. The first kappa shape index (κ1) is 32.0. The van der Waals surface area contributed by atoms with E-state index in [9.17, 15) is 36.3 Å². The number of halogens is 6. The molecule has 1 aliphatic heterocycles. The first-order chi connectivity index (χ1) is 19.2. The van der Waals surface area contributed by atoms with Crippen molar-refractivity contribution in [2.45, 2.75) is 52.1 Å². The second kappa shape index (κ2) is 13.4. The van der Waals surface area contributed by atoms with Gasteiger partial charge in [0.05, 0.1) is 16.1 Å². The molecule has 1 fully saturated rings. The molecular formula is C26H28ClF5N4O5. The largest absolute Gasteiger partial charge is 0.487 e. The highest BCUT2D eigenvalue weighted by Gasteiger charge is 2.52. The van der Waals surface area contributed by atoms with Crippen molar-refractivity contribution < 1.29 is 45.8 Å². The Balaban J connectivity index is 1.75. The van der Waals surface area contributed by atoms with Crippen LogP contribution in [0.25, 0.3) is 0 Å². The minimum atomic E-state index is -4.77. The molecule has 3 rings (SSSR count). The van der Waals surface area contributed by atoms with E-state index < -0.39 is 48.6 Å². The maximum Gasteiger partial charge on any atom is 0.402 e. The van der Waals surface area contributed by atoms with E-state index in [0.717, 1.165) is 20.3 Å². The zero-order chi connectivity index (χ0) is 30.4. The van der Waals surface area contributed by atoms with Crippen LogP contribution in [0.2, 0.25) is 5.02 Å². The van der Waals surface area contributed by atoms with Gasteiger partial charge in [0.25, 0.3) is 18.2 Å². The number of carbonyl (C=O) groups is 3. The van der Waals surface area contributed by atoms with Gasteiger partial charge in [-0.25, -0.2) is 14.2 Å². The zero-order valence-corrected chi connectivity index (χ0v) is 22.7. The predicted molar refractivity (Wildman–Crippen MR) is 139 cm³/mol. The molecule has 0 aromatic heterocycles. The Hall–Kier alpha value is -3.49. The lowest BCUT2D eigenvalue weighted by atomic mass is 9.91. The summed E-state index contributed by atoms with van der Waals surface area (Å²) < 4.78 is 75.3. The molecule has 0 saturated carbocycles. The van der Waals surface area contributed by atoms with Crippen LogP contribution in [0, 0.1) is 5.41 Å². The highest BCUT2D eigenvalue weighted by molar-refractivity contribution is 6.34. The van der Waals surface area contributed by atoms with Gasteiger partial charge in [-0.2, -0.15) is 13.2 Å². The van der Waals surface area contributed by atoms with Crippen LogP contribution in [0.15, 0.2) is 36.4 Å². The van der Waals surface area contributed by atoms with Crippen molar-refractivity contribution >= 4 is 35.0 Å². The zero-order valence-electron chi connectivity index (χ0n) is 22.0. The fraction of sp³-hybridized carbons (Fsp3) is 0.423. The summed E-state index contributed by atoms with van der Waals surface area (Å²) in [6.45, 7) is 0.734. The van der Waals surface area contributed by atoms with Gasteiger partial charge in [0.2, 0.25) is 5.91 Å². The van der Waals surface area contributed by atoms with Crippen molar-refractivity contribution in [3.05, 3.63) is 58.1 Å². The predicted octanol–water partition coefficient (Wildman–Crippen LogP) is 4.81. The number of ether oxygens (including phenoxy) is 2. The lowest BCUT2D eigenvalue weighted by Gasteiger charge is -2.26. The van der Waals surface area contributed by atoms with E-state index in [0.29, 0.717) is 18.6 Å². The van der Waals surface area contributed by atoms with Crippen LogP contribution < -0.4 is 26.2 Å². The molecule has 224 valence electrons. The highest BCUT2D eigenvalue weighted by Crippen LogP contribution is 2.37. The molecule has 0 aliphatic carbocycles. The number of anilines is 1. The lowest BCUT2D eigenvalue weighted by molar-refractivity contribution is -0.211. The standard InChI is InChI=1S/C26H28ClF5N4O5/c1-25(2,26(30,31)32)24(39)33-12-14-5-7-18(27)16(10-14)22(37)34-15-6-8-19(41-13-20(28)29)17(11-15)23(38)36-35-21-4-3-9-40-21/h5-8,10-11,20-21,35H,3-4,9,12-13H2,1-2H3,(H,33,39)(H,34,37)(H,36,38). The van der Waals surface area contributed by atoms with E-state index in [4.69, 9.17) is 21.1 Å². The highest BCUT2D eigenvalue weighted by atomic mass is 35.5. The fourth-order valence-electron chi connectivity index (χ4n) is 3.56. The molecule has 1 aliphatic rings. The summed E-state index contributed by atoms with van der Waals surface area (Å²) in [5.41, 5.74) is 2.62. The van der Waals surface area contributed by atoms with Gasteiger partial charge in [-0.3, -0.25) is 19.8 Å². The summed E-state index contributed by atoms with van der Waals surface area (Å²) in [5.74, 6) is -2.89. The van der Waals surface area contributed by atoms with Crippen LogP contribution >= 0.6 is 11.6 Å². The van der Waals surface area contributed by atoms with Crippen LogP contribution in [0.3, 0.4) is 0 Å². The van der Waals surface area contributed by atoms with Gasteiger partial charge in [-0.1, -0.05) is 17.7 Å². The lowest BCUT2D eigenvalue weighted by Crippen LogP contribution is -2.46. The molecule has 3 amide bonds. The molecule has 41 heavy (non-hydrogen) atoms. The summed E-state index contributed by atoms with van der Waals surface area (Å²) in [4.78, 5) is 37.9. The number of amides is 3. The van der Waals surface area contributed by atoms with E-state index >= 15 is 0 Å². The minimum absolute atomic E-state index is 0.00353. The third kappa shape index (κ3) is 8.50. The summed E-state index contributed by atoms with van der Waals surface area (Å²) in [7, 11) is 0. The van der Waals surface area contributed by atoms with Gasteiger partial charge in [0.1, 0.15) is 24.0 Å². The molecule has 0 bridgehead atoms. The van der Waals surface area contributed by atoms with E-state index in [1.807, 2.05) is 0 Å². The van der Waals surface area contributed by atoms with Gasteiger partial charge in [-0.05, 0) is 62.6 Å². The average Bonchev–Trinajstić information content (AvgIpc) is 3.43. The van der Waals surface area contributed by atoms with Gasteiger partial charge in [0.15, 0.2) is 0 Å². The molecule has 1 unspecified atom stereocenters. The van der Waals surface area contributed by atoms with E-state index in [1.165, 1.54) is 36.4 Å². The maximum atomic E-state index is 13.1. The molecule has 0 radical (unpaired) electrons. The number of alkyl halides is 5.